The molecule has 1 heterocycles. The molecule has 3 aliphatic carbocycles. The Kier molecular flexibility index (Phi) is 5.44. The molecule has 1 atom stereocenters. The molecule has 2 aromatic rings. The van der Waals surface area contributed by atoms with Gasteiger partial charge in [-0.15, -0.1) is 0 Å². The predicted molar refractivity (Wildman–Crippen MR) is 106 cm³/mol. The third kappa shape index (κ3) is 4.15. The first kappa shape index (κ1) is 20.3. The van der Waals surface area contributed by atoms with Crippen molar-refractivity contribution in [2.45, 2.75) is 30.9 Å². The van der Waals surface area contributed by atoms with Crippen molar-refractivity contribution in [1.82, 2.24) is 15.6 Å². The van der Waals surface area contributed by atoms with Gasteiger partial charge < -0.3 is 20.5 Å². The number of aliphatic hydroxyl groups is 1. The Morgan fingerprint density at radius 1 is 1.30 bits per heavy atom. The lowest BCUT2D eigenvalue weighted by molar-refractivity contribution is -0.126. The van der Waals surface area contributed by atoms with Crippen molar-refractivity contribution >= 4 is 23.4 Å². The number of halogens is 2. The van der Waals surface area contributed by atoms with Crippen LogP contribution in [0.15, 0.2) is 53.9 Å². The number of aliphatic hydroxyl groups excluding tert-OH is 1. The number of aromatic nitrogens is 1. The Morgan fingerprint density at radius 2 is 2.10 bits per heavy atom. The van der Waals surface area contributed by atoms with E-state index in [4.69, 9.17) is 16.3 Å². The predicted octanol–water partition coefficient (Wildman–Crippen LogP) is 2.35. The molecule has 2 bridgehead atoms. The van der Waals surface area contributed by atoms with Gasteiger partial charge in [0, 0.05) is 24.4 Å². The van der Waals surface area contributed by atoms with E-state index in [0.29, 0.717) is 18.5 Å². The minimum atomic E-state index is -0.901. The number of nitrogens with zero attached hydrogens (tertiary/aromatic N) is 1. The summed E-state index contributed by atoms with van der Waals surface area (Å²) in [4.78, 5) is 28.6. The van der Waals surface area contributed by atoms with Crippen molar-refractivity contribution in [2.24, 2.45) is 0 Å². The van der Waals surface area contributed by atoms with E-state index in [0.717, 1.165) is 11.6 Å². The van der Waals surface area contributed by atoms with Gasteiger partial charge in [0.15, 0.2) is 6.61 Å². The summed E-state index contributed by atoms with van der Waals surface area (Å²) in [6.45, 7) is -0.290. The highest BCUT2D eigenvalue weighted by atomic mass is 35.5. The summed E-state index contributed by atoms with van der Waals surface area (Å²) in [7, 11) is 0. The van der Waals surface area contributed by atoms with Crippen LogP contribution in [-0.2, 0) is 4.79 Å². The molecular formula is C21H19ClFN3O4. The second kappa shape index (κ2) is 8.04. The number of pyridine rings is 1. The van der Waals surface area contributed by atoms with Crippen LogP contribution in [0.2, 0.25) is 5.02 Å². The van der Waals surface area contributed by atoms with Crippen LogP contribution in [0.25, 0.3) is 0 Å². The van der Waals surface area contributed by atoms with Crippen molar-refractivity contribution in [1.29, 1.82) is 0 Å². The van der Waals surface area contributed by atoms with Gasteiger partial charge in [-0.05, 0) is 42.7 Å². The maximum atomic E-state index is 13.4. The molecule has 1 saturated carbocycles. The smallest absolute Gasteiger partial charge is 0.274 e. The van der Waals surface area contributed by atoms with Crippen LogP contribution in [0, 0.1) is 5.82 Å². The molecule has 2 amide bonds. The second-order valence-electron chi connectivity index (χ2n) is 7.45. The third-order valence-electron chi connectivity index (χ3n) is 5.21. The van der Waals surface area contributed by atoms with Gasteiger partial charge in [0.25, 0.3) is 11.8 Å². The molecule has 0 radical (unpaired) electrons. The van der Waals surface area contributed by atoms with Crippen molar-refractivity contribution < 1.29 is 23.8 Å². The Bertz CT molecular complexity index is 1020. The van der Waals surface area contributed by atoms with Crippen molar-refractivity contribution in [3.63, 3.8) is 0 Å². The van der Waals surface area contributed by atoms with Crippen molar-refractivity contribution in [3.8, 4) is 5.75 Å². The zero-order chi connectivity index (χ0) is 21.3. The van der Waals surface area contributed by atoms with Crippen molar-refractivity contribution in [2.75, 3.05) is 6.61 Å². The average Bonchev–Trinajstić information content (AvgIpc) is 2.70. The van der Waals surface area contributed by atoms with Gasteiger partial charge in [-0.2, -0.15) is 0 Å². The molecule has 9 heteroatoms. The lowest BCUT2D eigenvalue weighted by Crippen LogP contribution is -2.61. The number of carbonyl (C=O) groups is 2. The van der Waals surface area contributed by atoms with Crippen LogP contribution in [0.1, 0.15) is 29.8 Å². The van der Waals surface area contributed by atoms with Crippen LogP contribution >= 0.6 is 11.6 Å². The SMILES string of the molecule is O=C(COc1ccc(Cl)c(F)c1)NC12CC(=C(NC(=O)c3ccccn3)C(O)C1)C2. The van der Waals surface area contributed by atoms with E-state index < -0.39 is 17.5 Å². The number of hydrogen-bond donors (Lipinski definition) is 3. The van der Waals surface area contributed by atoms with Crippen LogP contribution in [0.5, 0.6) is 5.75 Å². The molecule has 0 saturated heterocycles. The van der Waals surface area contributed by atoms with E-state index in [-0.39, 0.29) is 41.3 Å². The Balaban J connectivity index is 1.33. The molecule has 30 heavy (non-hydrogen) atoms. The van der Waals surface area contributed by atoms with Crippen LogP contribution in [0.4, 0.5) is 4.39 Å². The highest BCUT2D eigenvalue weighted by Crippen LogP contribution is 2.47. The molecule has 156 valence electrons. The molecule has 3 N–H and O–H groups in total. The highest BCUT2D eigenvalue weighted by molar-refractivity contribution is 6.30. The zero-order valence-corrected chi connectivity index (χ0v) is 16.6. The van der Waals surface area contributed by atoms with E-state index in [2.05, 4.69) is 15.6 Å². The van der Waals surface area contributed by atoms with Crippen molar-refractivity contribution in [3.05, 3.63) is 70.4 Å². The number of rotatable bonds is 6. The quantitative estimate of drug-likeness (QED) is 0.652. The molecule has 1 unspecified atom stereocenters. The number of ether oxygens (including phenoxy) is 1. The molecule has 7 nitrogen and oxygen atoms in total. The molecular weight excluding hydrogens is 413 g/mol. The number of amides is 2. The summed E-state index contributed by atoms with van der Waals surface area (Å²) >= 11 is 5.62. The zero-order valence-electron chi connectivity index (χ0n) is 15.8. The van der Waals surface area contributed by atoms with Gasteiger partial charge in [-0.25, -0.2) is 4.39 Å². The Hall–Kier alpha value is -2.97. The fourth-order valence-corrected chi connectivity index (χ4v) is 3.97. The van der Waals surface area contributed by atoms with E-state index in [9.17, 15) is 19.1 Å². The summed E-state index contributed by atoms with van der Waals surface area (Å²) in [5, 5.41) is 16.1. The van der Waals surface area contributed by atoms with Crippen LogP contribution < -0.4 is 15.4 Å². The van der Waals surface area contributed by atoms with E-state index >= 15 is 0 Å². The van der Waals surface area contributed by atoms with Gasteiger partial charge in [-0.3, -0.25) is 14.6 Å². The fraction of sp³-hybridized carbons (Fsp3) is 0.286. The van der Waals surface area contributed by atoms with Gasteiger partial charge in [0.05, 0.1) is 16.7 Å². The molecule has 0 spiro atoms. The Morgan fingerprint density at radius 3 is 2.77 bits per heavy atom. The molecule has 1 aromatic heterocycles. The van der Waals surface area contributed by atoms with E-state index in [1.807, 2.05) is 0 Å². The normalized spacial score (nSPS) is 22.2. The van der Waals surface area contributed by atoms with Gasteiger partial charge in [0.1, 0.15) is 17.3 Å². The summed E-state index contributed by atoms with van der Waals surface area (Å²) in [6.07, 6.45) is 1.96. The molecule has 0 aliphatic heterocycles. The summed E-state index contributed by atoms with van der Waals surface area (Å²) in [5.74, 6) is -1.19. The van der Waals surface area contributed by atoms with E-state index in [1.54, 1.807) is 18.2 Å². The first-order valence-corrected chi connectivity index (χ1v) is 9.74. The van der Waals surface area contributed by atoms with E-state index in [1.165, 1.54) is 18.3 Å². The first-order valence-electron chi connectivity index (χ1n) is 9.36. The number of carbonyl (C=O) groups excluding carboxylic acids is 2. The number of fused-ring (bicyclic) bond motifs is 2. The number of benzene rings is 1. The largest absolute Gasteiger partial charge is 0.484 e. The van der Waals surface area contributed by atoms with Gasteiger partial charge in [0.2, 0.25) is 0 Å². The Labute approximate surface area is 176 Å². The standard InChI is InChI=1S/C21H19ClFN3O4/c22-14-5-4-13(7-15(14)23)30-11-18(28)26-21-8-12(9-21)19(17(27)10-21)25-20(29)16-3-1-2-6-24-16/h1-7,17,27H,8-11H2,(H,25,29)(H,26,28). The summed E-state index contributed by atoms with van der Waals surface area (Å²) < 4.78 is 18.8. The number of nitrogens with one attached hydrogen (secondary N) is 2. The second-order valence-corrected chi connectivity index (χ2v) is 7.86. The minimum absolute atomic E-state index is 0.0263. The lowest BCUT2D eigenvalue weighted by atomic mass is 9.63. The molecule has 3 aliphatic rings. The fourth-order valence-electron chi connectivity index (χ4n) is 3.85. The van der Waals surface area contributed by atoms with Gasteiger partial charge in [-0.1, -0.05) is 17.7 Å². The monoisotopic (exact) mass is 431 g/mol. The van der Waals surface area contributed by atoms with Crippen LogP contribution in [-0.4, -0.2) is 40.2 Å². The lowest BCUT2D eigenvalue weighted by Gasteiger charge is -2.51. The third-order valence-corrected chi connectivity index (χ3v) is 5.52. The topological polar surface area (TPSA) is 101 Å². The van der Waals surface area contributed by atoms with Gasteiger partial charge >= 0.3 is 0 Å². The maximum Gasteiger partial charge on any atom is 0.274 e. The maximum absolute atomic E-state index is 13.4. The molecule has 1 fully saturated rings. The number of hydrogen-bond acceptors (Lipinski definition) is 5. The molecule has 5 rings (SSSR count). The summed E-state index contributed by atoms with van der Waals surface area (Å²) in [5.41, 5.74) is 1.06. The highest BCUT2D eigenvalue weighted by Gasteiger charge is 2.50. The average molecular weight is 432 g/mol. The minimum Gasteiger partial charge on any atom is -0.484 e. The van der Waals surface area contributed by atoms with Crippen LogP contribution in [0.3, 0.4) is 0 Å². The first-order chi connectivity index (χ1) is 14.3. The summed E-state index contributed by atoms with van der Waals surface area (Å²) in [6, 6.07) is 8.95. The molecule has 1 aromatic carbocycles.